The molecular weight excluding hydrogens is 286 g/mol. The van der Waals surface area contributed by atoms with E-state index in [1.807, 2.05) is 11.6 Å². The van der Waals surface area contributed by atoms with Crippen LogP contribution in [0, 0.1) is 5.92 Å². The van der Waals surface area contributed by atoms with Crippen LogP contribution >= 0.6 is 11.3 Å². The monoisotopic (exact) mass is 311 g/mol. The lowest BCUT2D eigenvalue weighted by Gasteiger charge is -2.30. The summed E-state index contributed by atoms with van der Waals surface area (Å²) in [4.78, 5) is 9.08. The number of hydrogen-bond donors (Lipinski definition) is 0. The molecule has 21 heavy (non-hydrogen) atoms. The second kappa shape index (κ2) is 6.71. The predicted molar refractivity (Wildman–Crippen MR) is 83.6 cm³/mol. The second-order valence-corrected chi connectivity index (χ2v) is 7.49. The summed E-state index contributed by atoms with van der Waals surface area (Å²) in [7, 11) is 4.26. The summed E-state index contributed by atoms with van der Waals surface area (Å²) in [6, 6.07) is 0. The summed E-state index contributed by atoms with van der Waals surface area (Å²) in [6.07, 6.45) is 2.98. The molecule has 5 nitrogen and oxygen atoms in total. The van der Waals surface area contributed by atoms with Crippen molar-refractivity contribution in [3.63, 3.8) is 0 Å². The average molecular weight is 311 g/mol. The highest BCUT2D eigenvalue weighted by molar-refractivity contribution is 7.09. The standard InChI is InChI=1S/C15H25N3O2S/c1-17(2)8-13-7-15(20-10-13)11-18(4-5-19-12-15)9-14-16-3-6-21-14/h3,6,13H,4-5,7-12H2,1-2H3/t13-,15+/m1/s1. The molecule has 0 aromatic carbocycles. The van der Waals surface area contributed by atoms with E-state index in [0.29, 0.717) is 5.92 Å². The molecule has 2 aliphatic heterocycles. The van der Waals surface area contributed by atoms with Gasteiger partial charge in [0.05, 0.1) is 26.4 Å². The van der Waals surface area contributed by atoms with Crippen LogP contribution in [0.3, 0.4) is 0 Å². The van der Waals surface area contributed by atoms with E-state index >= 15 is 0 Å². The molecule has 0 saturated carbocycles. The normalized spacial score (nSPS) is 31.1. The highest BCUT2D eigenvalue weighted by Crippen LogP contribution is 2.33. The number of aromatic nitrogens is 1. The fourth-order valence-corrected chi connectivity index (χ4v) is 4.08. The van der Waals surface area contributed by atoms with Crippen molar-refractivity contribution in [1.29, 1.82) is 0 Å². The molecular formula is C15H25N3O2S. The Bertz CT molecular complexity index is 440. The third kappa shape index (κ3) is 4.02. The van der Waals surface area contributed by atoms with E-state index < -0.39 is 0 Å². The number of thiazole rings is 1. The minimum absolute atomic E-state index is 0.117. The molecule has 0 N–H and O–H groups in total. The zero-order chi connectivity index (χ0) is 14.7. The second-order valence-electron chi connectivity index (χ2n) is 6.52. The number of rotatable bonds is 4. The molecule has 1 spiro atoms. The van der Waals surface area contributed by atoms with E-state index in [1.54, 1.807) is 11.3 Å². The summed E-state index contributed by atoms with van der Waals surface area (Å²) in [5.74, 6) is 0.614. The molecule has 0 unspecified atom stereocenters. The van der Waals surface area contributed by atoms with Crippen LogP contribution in [0.5, 0.6) is 0 Å². The van der Waals surface area contributed by atoms with Gasteiger partial charge in [-0.3, -0.25) is 4.90 Å². The summed E-state index contributed by atoms with van der Waals surface area (Å²) < 4.78 is 12.1. The van der Waals surface area contributed by atoms with E-state index in [4.69, 9.17) is 9.47 Å². The molecule has 3 heterocycles. The van der Waals surface area contributed by atoms with Gasteiger partial charge < -0.3 is 14.4 Å². The van der Waals surface area contributed by atoms with Crippen LogP contribution < -0.4 is 0 Å². The maximum Gasteiger partial charge on any atom is 0.107 e. The molecule has 2 atom stereocenters. The molecule has 0 amide bonds. The van der Waals surface area contributed by atoms with Gasteiger partial charge in [0.15, 0.2) is 0 Å². The molecule has 0 radical (unpaired) electrons. The van der Waals surface area contributed by atoms with Crippen molar-refractivity contribution in [2.45, 2.75) is 18.6 Å². The zero-order valence-electron chi connectivity index (χ0n) is 13.0. The molecule has 0 bridgehead atoms. The summed E-state index contributed by atoms with van der Waals surface area (Å²) in [6.45, 7) is 6.28. The smallest absolute Gasteiger partial charge is 0.107 e. The lowest BCUT2D eigenvalue weighted by atomic mass is 9.94. The maximum atomic E-state index is 6.21. The van der Waals surface area contributed by atoms with Gasteiger partial charge in [0.2, 0.25) is 0 Å². The van der Waals surface area contributed by atoms with Crippen LogP contribution in [0.1, 0.15) is 11.4 Å². The Morgan fingerprint density at radius 2 is 2.43 bits per heavy atom. The van der Waals surface area contributed by atoms with Gasteiger partial charge in [0.25, 0.3) is 0 Å². The van der Waals surface area contributed by atoms with Gasteiger partial charge in [0.1, 0.15) is 10.6 Å². The lowest BCUT2D eigenvalue weighted by Crippen LogP contribution is -2.44. The minimum Gasteiger partial charge on any atom is -0.377 e. The van der Waals surface area contributed by atoms with Crippen molar-refractivity contribution in [2.24, 2.45) is 5.92 Å². The molecule has 1 aromatic rings. The number of ether oxygens (including phenoxy) is 2. The van der Waals surface area contributed by atoms with Crippen LogP contribution in [0.25, 0.3) is 0 Å². The summed E-state index contributed by atoms with van der Waals surface area (Å²) in [5, 5.41) is 3.22. The zero-order valence-corrected chi connectivity index (χ0v) is 13.8. The van der Waals surface area contributed by atoms with Gasteiger partial charge >= 0.3 is 0 Å². The molecule has 2 saturated heterocycles. The molecule has 2 aliphatic rings. The van der Waals surface area contributed by atoms with Gasteiger partial charge in [-0.25, -0.2) is 4.98 Å². The summed E-state index contributed by atoms with van der Waals surface area (Å²) >= 11 is 1.72. The van der Waals surface area contributed by atoms with Crippen LogP contribution in [0.15, 0.2) is 11.6 Å². The van der Waals surface area contributed by atoms with Crippen molar-refractivity contribution >= 4 is 11.3 Å². The Morgan fingerprint density at radius 3 is 3.19 bits per heavy atom. The first-order chi connectivity index (χ1) is 10.2. The molecule has 1 aromatic heterocycles. The van der Waals surface area contributed by atoms with E-state index in [0.717, 1.165) is 52.4 Å². The first-order valence-corrected chi connectivity index (χ1v) is 8.50. The van der Waals surface area contributed by atoms with Crippen LogP contribution in [-0.2, 0) is 16.0 Å². The van der Waals surface area contributed by atoms with Crippen LogP contribution in [0.2, 0.25) is 0 Å². The molecule has 6 heteroatoms. The van der Waals surface area contributed by atoms with Gasteiger partial charge in [-0.15, -0.1) is 11.3 Å². The Hall–Kier alpha value is -0.530. The van der Waals surface area contributed by atoms with Crippen LogP contribution in [-0.4, -0.2) is 73.9 Å². The lowest BCUT2D eigenvalue weighted by molar-refractivity contribution is -0.0563. The van der Waals surface area contributed by atoms with Gasteiger partial charge in [-0.05, 0) is 26.4 Å². The average Bonchev–Trinajstić information content (AvgIpc) is 3.00. The Labute approximate surface area is 130 Å². The molecule has 0 aliphatic carbocycles. The predicted octanol–water partition coefficient (Wildman–Crippen LogP) is 1.31. The first kappa shape index (κ1) is 15.4. The van der Waals surface area contributed by atoms with Gasteiger partial charge in [-0.2, -0.15) is 0 Å². The van der Waals surface area contributed by atoms with Gasteiger partial charge in [-0.1, -0.05) is 0 Å². The van der Waals surface area contributed by atoms with Crippen molar-refractivity contribution in [1.82, 2.24) is 14.8 Å². The quantitative estimate of drug-likeness (QED) is 0.838. The van der Waals surface area contributed by atoms with Crippen molar-refractivity contribution < 1.29 is 9.47 Å². The maximum absolute atomic E-state index is 6.21. The van der Waals surface area contributed by atoms with Crippen LogP contribution in [0.4, 0.5) is 0 Å². The Kier molecular flexibility index (Phi) is 4.91. The third-order valence-corrected chi connectivity index (χ3v) is 4.94. The van der Waals surface area contributed by atoms with Crippen molar-refractivity contribution in [3.05, 3.63) is 16.6 Å². The molecule has 3 rings (SSSR count). The number of hydrogen-bond acceptors (Lipinski definition) is 6. The molecule has 2 fully saturated rings. The Balaban J connectivity index is 1.62. The molecule has 118 valence electrons. The van der Waals surface area contributed by atoms with Crippen molar-refractivity contribution in [2.75, 3.05) is 53.6 Å². The summed E-state index contributed by atoms with van der Waals surface area (Å²) in [5.41, 5.74) is -0.117. The highest BCUT2D eigenvalue weighted by Gasteiger charge is 2.43. The van der Waals surface area contributed by atoms with E-state index in [2.05, 4.69) is 28.9 Å². The van der Waals surface area contributed by atoms with E-state index in [9.17, 15) is 0 Å². The fourth-order valence-electron chi connectivity index (χ4n) is 3.42. The largest absolute Gasteiger partial charge is 0.377 e. The van der Waals surface area contributed by atoms with Crippen molar-refractivity contribution in [3.8, 4) is 0 Å². The topological polar surface area (TPSA) is 37.8 Å². The minimum atomic E-state index is -0.117. The fraction of sp³-hybridized carbons (Fsp3) is 0.800. The van der Waals surface area contributed by atoms with Gasteiger partial charge in [0, 0.05) is 31.2 Å². The van der Waals surface area contributed by atoms with E-state index in [1.165, 1.54) is 5.01 Å². The Morgan fingerprint density at radius 1 is 1.52 bits per heavy atom. The van der Waals surface area contributed by atoms with E-state index in [-0.39, 0.29) is 5.60 Å². The first-order valence-electron chi connectivity index (χ1n) is 7.62. The number of nitrogens with zero attached hydrogens (tertiary/aromatic N) is 3. The third-order valence-electron chi connectivity index (χ3n) is 4.18. The highest BCUT2D eigenvalue weighted by atomic mass is 32.1. The SMILES string of the molecule is CN(C)C[C@@H]1CO[C@@]2(COCCN(Cc3nccs3)C2)C1.